The number of nitrogens with zero attached hydrogens (tertiary/aromatic N) is 3. The second-order valence-corrected chi connectivity index (χ2v) is 9.28. The Labute approximate surface area is 187 Å². The molecular weight excluding hydrogens is 408 g/mol. The second kappa shape index (κ2) is 10.1. The van der Waals surface area contributed by atoms with Crippen molar-refractivity contribution in [1.82, 2.24) is 9.80 Å². The van der Waals surface area contributed by atoms with E-state index in [4.69, 9.17) is 0 Å². The number of nitriles is 1. The molecule has 0 saturated carbocycles. The van der Waals surface area contributed by atoms with Crippen LogP contribution in [0.15, 0.2) is 30.3 Å². The van der Waals surface area contributed by atoms with Crippen LogP contribution in [0, 0.1) is 11.3 Å². The van der Waals surface area contributed by atoms with Crippen molar-refractivity contribution in [2.75, 3.05) is 38.0 Å². The number of hydrogen-bond acceptors (Lipinski definition) is 5. The molecule has 0 bridgehead atoms. The third kappa shape index (κ3) is 5.15. The van der Waals surface area contributed by atoms with Gasteiger partial charge in [-0.15, -0.1) is 11.3 Å². The zero-order valence-electron chi connectivity index (χ0n) is 17.7. The first-order chi connectivity index (χ1) is 15.2. The van der Waals surface area contributed by atoms with Crippen molar-refractivity contribution < 1.29 is 9.59 Å². The number of rotatable bonds is 5. The van der Waals surface area contributed by atoms with Crippen LogP contribution in [0.3, 0.4) is 0 Å². The van der Waals surface area contributed by atoms with E-state index in [0.717, 1.165) is 54.9 Å². The van der Waals surface area contributed by atoms with Gasteiger partial charge in [-0.05, 0) is 43.4 Å². The number of carbonyl (C=O) groups excluding carboxylic acids is 2. The molecular formula is C24H28N4O2S. The fraction of sp³-hybridized carbons (Fsp3) is 0.458. The molecule has 2 heterocycles. The van der Waals surface area contributed by atoms with E-state index in [0.29, 0.717) is 31.6 Å². The Morgan fingerprint density at radius 2 is 1.77 bits per heavy atom. The lowest BCUT2D eigenvalue weighted by Crippen LogP contribution is -2.49. The van der Waals surface area contributed by atoms with Crippen LogP contribution < -0.4 is 5.32 Å². The molecule has 1 N–H and O–H groups in total. The summed E-state index contributed by atoms with van der Waals surface area (Å²) in [5.74, 6) is 0.0233. The second-order valence-electron chi connectivity index (χ2n) is 8.18. The number of nitrogens with one attached hydrogen (secondary N) is 1. The molecule has 6 nitrogen and oxygen atoms in total. The lowest BCUT2D eigenvalue weighted by molar-refractivity contribution is -0.116. The van der Waals surface area contributed by atoms with Crippen molar-refractivity contribution in [2.45, 2.75) is 38.5 Å². The van der Waals surface area contributed by atoms with Crippen molar-refractivity contribution >= 4 is 28.2 Å². The number of carbonyl (C=O) groups is 2. The minimum absolute atomic E-state index is 0.0456. The first-order valence-electron chi connectivity index (χ1n) is 11.1. The van der Waals surface area contributed by atoms with Crippen molar-refractivity contribution in [3.05, 3.63) is 51.9 Å². The number of anilines is 1. The maximum absolute atomic E-state index is 12.6. The molecule has 1 aliphatic carbocycles. The Morgan fingerprint density at radius 3 is 2.52 bits per heavy atom. The Kier molecular flexibility index (Phi) is 7.00. The number of piperazine rings is 1. The van der Waals surface area contributed by atoms with Gasteiger partial charge >= 0.3 is 0 Å². The van der Waals surface area contributed by atoms with Crippen LogP contribution >= 0.6 is 11.3 Å². The molecule has 2 aliphatic rings. The van der Waals surface area contributed by atoms with Crippen LogP contribution in [-0.2, 0) is 17.6 Å². The summed E-state index contributed by atoms with van der Waals surface area (Å²) in [6.45, 7) is 3.54. The molecule has 1 aromatic heterocycles. The molecule has 1 saturated heterocycles. The maximum Gasteiger partial charge on any atom is 0.253 e. The van der Waals surface area contributed by atoms with Crippen molar-refractivity contribution in [2.24, 2.45) is 0 Å². The van der Waals surface area contributed by atoms with Gasteiger partial charge in [0.25, 0.3) is 5.91 Å². The van der Waals surface area contributed by atoms with Crippen LogP contribution in [0.2, 0.25) is 0 Å². The maximum atomic E-state index is 12.6. The van der Waals surface area contributed by atoms with E-state index in [2.05, 4.69) is 16.3 Å². The van der Waals surface area contributed by atoms with Gasteiger partial charge in [0, 0.05) is 49.6 Å². The van der Waals surface area contributed by atoms with Gasteiger partial charge in [-0.3, -0.25) is 14.5 Å². The Hall–Kier alpha value is -2.69. The molecule has 0 spiro atoms. The number of thiophene rings is 1. The van der Waals surface area contributed by atoms with Crippen molar-refractivity contribution in [3.63, 3.8) is 0 Å². The van der Waals surface area contributed by atoms with Crippen LogP contribution in [0.1, 0.15) is 52.0 Å². The van der Waals surface area contributed by atoms with E-state index in [1.54, 1.807) is 11.3 Å². The van der Waals surface area contributed by atoms with Gasteiger partial charge in [-0.2, -0.15) is 5.26 Å². The molecule has 162 valence electrons. The molecule has 1 fully saturated rings. The van der Waals surface area contributed by atoms with E-state index in [-0.39, 0.29) is 11.8 Å². The summed E-state index contributed by atoms with van der Waals surface area (Å²) in [7, 11) is 0. The van der Waals surface area contributed by atoms with Crippen LogP contribution in [0.4, 0.5) is 5.00 Å². The monoisotopic (exact) mass is 436 g/mol. The topological polar surface area (TPSA) is 76.4 Å². The SMILES string of the molecule is N#Cc1c(NC(=O)CCN2CCN(C(=O)c3ccccc3)CC2)sc2c1CCCCC2. The summed E-state index contributed by atoms with van der Waals surface area (Å²) in [5.41, 5.74) is 2.54. The number of benzene rings is 1. The zero-order chi connectivity index (χ0) is 21.6. The highest BCUT2D eigenvalue weighted by atomic mass is 32.1. The summed E-state index contributed by atoms with van der Waals surface area (Å²) in [4.78, 5) is 30.5. The van der Waals surface area contributed by atoms with Crippen LogP contribution in [0.25, 0.3) is 0 Å². The highest BCUT2D eigenvalue weighted by molar-refractivity contribution is 7.16. The molecule has 1 aliphatic heterocycles. The van der Waals surface area contributed by atoms with Gasteiger partial charge in [-0.1, -0.05) is 24.6 Å². The van der Waals surface area contributed by atoms with Gasteiger partial charge in [0.1, 0.15) is 11.1 Å². The summed E-state index contributed by atoms with van der Waals surface area (Å²) in [5, 5.41) is 13.3. The molecule has 7 heteroatoms. The summed E-state index contributed by atoms with van der Waals surface area (Å²) in [6, 6.07) is 11.7. The van der Waals surface area contributed by atoms with Gasteiger partial charge in [-0.25, -0.2) is 0 Å². The third-order valence-corrected chi connectivity index (χ3v) is 7.33. The number of fused-ring (bicyclic) bond motifs is 1. The Balaban J connectivity index is 1.26. The third-order valence-electron chi connectivity index (χ3n) is 6.12. The van der Waals surface area contributed by atoms with Gasteiger partial charge in [0.15, 0.2) is 0 Å². The Bertz CT molecular complexity index is 971. The molecule has 0 atom stereocenters. The molecule has 2 amide bonds. The fourth-order valence-electron chi connectivity index (χ4n) is 4.34. The molecule has 0 radical (unpaired) electrons. The molecule has 31 heavy (non-hydrogen) atoms. The number of hydrogen-bond donors (Lipinski definition) is 1. The first-order valence-corrected chi connectivity index (χ1v) is 11.9. The molecule has 4 rings (SSSR count). The van der Waals surface area contributed by atoms with Crippen LogP contribution in [-0.4, -0.2) is 54.3 Å². The average Bonchev–Trinajstić information content (AvgIpc) is 2.96. The summed E-state index contributed by atoms with van der Waals surface area (Å²) < 4.78 is 0. The normalized spacial score (nSPS) is 16.8. The smallest absolute Gasteiger partial charge is 0.253 e. The van der Waals surface area contributed by atoms with Crippen molar-refractivity contribution in [1.29, 1.82) is 5.26 Å². The van der Waals surface area contributed by atoms with E-state index < -0.39 is 0 Å². The van der Waals surface area contributed by atoms with Gasteiger partial charge in [0.05, 0.1) is 5.56 Å². The van der Waals surface area contributed by atoms with E-state index in [1.165, 1.54) is 11.3 Å². The van der Waals surface area contributed by atoms with Crippen molar-refractivity contribution in [3.8, 4) is 6.07 Å². The molecule has 1 aromatic carbocycles. The van der Waals surface area contributed by atoms with Gasteiger partial charge in [0.2, 0.25) is 5.91 Å². The predicted molar refractivity (Wildman–Crippen MR) is 122 cm³/mol. The highest BCUT2D eigenvalue weighted by Crippen LogP contribution is 2.37. The van der Waals surface area contributed by atoms with Gasteiger partial charge < -0.3 is 10.2 Å². The summed E-state index contributed by atoms with van der Waals surface area (Å²) >= 11 is 1.58. The lowest BCUT2D eigenvalue weighted by atomic mass is 10.1. The first kappa shape index (κ1) is 21.5. The quantitative estimate of drug-likeness (QED) is 0.726. The summed E-state index contributed by atoms with van der Waals surface area (Å²) in [6.07, 6.45) is 5.82. The van der Waals surface area contributed by atoms with E-state index in [1.807, 2.05) is 35.2 Å². The Morgan fingerprint density at radius 1 is 1.03 bits per heavy atom. The predicted octanol–water partition coefficient (Wildman–Crippen LogP) is 3.68. The minimum Gasteiger partial charge on any atom is -0.336 e. The van der Waals surface area contributed by atoms with E-state index in [9.17, 15) is 14.9 Å². The van der Waals surface area contributed by atoms with Crippen LogP contribution in [0.5, 0.6) is 0 Å². The standard InChI is InChI=1S/C24H28N4O2S/c25-17-20-19-9-5-2-6-10-21(19)31-23(20)26-22(29)11-12-27-13-15-28(16-14-27)24(30)18-7-3-1-4-8-18/h1,3-4,7-8H,2,5-6,9-16H2,(H,26,29). The fourth-order valence-corrected chi connectivity index (χ4v) is 5.59. The number of amides is 2. The zero-order valence-corrected chi connectivity index (χ0v) is 18.5. The van der Waals surface area contributed by atoms with E-state index >= 15 is 0 Å². The highest BCUT2D eigenvalue weighted by Gasteiger charge is 2.23. The molecule has 2 aromatic rings. The largest absolute Gasteiger partial charge is 0.336 e. The number of aryl methyl sites for hydroxylation is 1. The molecule has 0 unspecified atom stereocenters. The average molecular weight is 437 g/mol. The minimum atomic E-state index is -0.0456. The lowest BCUT2D eigenvalue weighted by Gasteiger charge is -2.34.